The van der Waals surface area contributed by atoms with E-state index in [0.29, 0.717) is 0 Å². The molecule has 0 spiro atoms. The second-order valence-corrected chi connectivity index (χ2v) is 0. The van der Waals surface area contributed by atoms with E-state index in [0.717, 1.165) is 7.11 Å². The molecule has 0 aromatic rings. The molecule has 0 aliphatic carbocycles. The third-order valence-electron chi connectivity index (χ3n) is 0. The zero-order valence-electron chi connectivity index (χ0n) is 5.80. The maximum absolute atomic E-state index is 7.00. The van der Waals surface area contributed by atoms with Gasteiger partial charge >= 0.3 is 0 Å². The van der Waals surface area contributed by atoms with E-state index in [4.69, 9.17) is 5.11 Å². The Morgan fingerprint density at radius 2 is 0.714 bits per heavy atom. The molecule has 0 aliphatic rings. The largest absolute Gasteiger partial charge is 0.400 e. The Labute approximate surface area is 77.1 Å². The molecular weight excluding hydrogens is 116 g/mol. The quantitative estimate of drug-likeness (QED) is 0.531. The Morgan fingerprint density at radius 3 is 0.714 bits per heavy atom. The molecule has 0 rings (SSSR count). The average Bonchev–Trinajstić information content (AvgIpc) is 1.81. The van der Waals surface area contributed by atoms with Crippen LogP contribution in [0.5, 0.6) is 0 Å². The zero-order chi connectivity index (χ0) is 6.00. The minimum atomic E-state index is 0. The van der Waals surface area contributed by atoms with E-state index in [-0.39, 0.29) is 37.7 Å². The smallest absolute Gasteiger partial charge is 0.0319 e. The van der Waals surface area contributed by atoms with Crippen LogP contribution in [0.15, 0.2) is 0 Å². The van der Waals surface area contributed by atoms with Crippen LogP contribution in [0.1, 0.15) is 27.7 Å². The van der Waals surface area contributed by atoms with Gasteiger partial charge in [-0.05, 0) is 0 Å². The van der Waals surface area contributed by atoms with Crippen molar-refractivity contribution < 1.29 is 42.8 Å². The van der Waals surface area contributed by atoms with Crippen molar-refractivity contribution in [3.63, 3.8) is 0 Å². The summed E-state index contributed by atoms with van der Waals surface area (Å²) in [7, 11) is 1.00. The molecule has 0 saturated heterocycles. The molecule has 1 N–H and O–H groups in total. The molecular formula is C5H16ArO. The monoisotopic (exact) mass is 132 g/mol. The van der Waals surface area contributed by atoms with Crippen LogP contribution in [0.25, 0.3) is 0 Å². The van der Waals surface area contributed by atoms with Crippen molar-refractivity contribution in [3.8, 4) is 0 Å². The van der Waals surface area contributed by atoms with Gasteiger partial charge in [-0.25, -0.2) is 0 Å². The van der Waals surface area contributed by atoms with Gasteiger partial charge in [0.25, 0.3) is 0 Å². The fourth-order valence-corrected chi connectivity index (χ4v) is 0. The predicted octanol–water partition coefficient (Wildman–Crippen LogP) is 1.66. The van der Waals surface area contributed by atoms with Crippen LogP contribution < -0.4 is 0 Å². The number of hydrogen-bond donors (Lipinski definition) is 1. The van der Waals surface area contributed by atoms with Gasteiger partial charge in [0, 0.05) is 44.8 Å². The molecule has 0 heterocycles. The molecule has 0 amide bonds. The molecule has 0 radical (unpaired) electrons. The fraction of sp³-hybridized carbons (Fsp3) is 1.00. The Morgan fingerprint density at radius 1 is 0.714 bits per heavy atom. The molecule has 0 bridgehead atoms. The third-order valence-corrected chi connectivity index (χ3v) is 0. The fourth-order valence-electron chi connectivity index (χ4n) is 0. The summed E-state index contributed by atoms with van der Waals surface area (Å²) >= 11 is 0. The molecule has 0 atom stereocenters. The molecule has 7 heavy (non-hydrogen) atoms. The van der Waals surface area contributed by atoms with Gasteiger partial charge in [0.05, 0.1) is 0 Å². The second-order valence-electron chi connectivity index (χ2n) is 0. The summed E-state index contributed by atoms with van der Waals surface area (Å²) in [5.74, 6) is 0. The van der Waals surface area contributed by atoms with Crippen LogP contribution in [0, 0.1) is 37.7 Å². The van der Waals surface area contributed by atoms with Crippen LogP contribution in [-0.4, -0.2) is 12.2 Å². The van der Waals surface area contributed by atoms with E-state index in [1.165, 1.54) is 0 Å². The van der Waals surface area contributed by atoms with Gasteiger partial charge in [-0.2, -0.15) is 0 Å². The van der Waals surface area contributed by atoms with E-state index in [2.05, 4.69) is 0 Å². The summed E-state index contributed by atoms with van der Waals surface area (Å²) in [5, 5.41) is 7.00. The van der Waals surface area contributed by atoms with Crippen molar-refractivity contribution in [1.29, 1.82) is 0 Å². The minimum absolute atomic E-state index is 0. The Kier molecular flexibility index (Phi) is 645. The van der Waals surface area contributed by atoms with Crippen LogP contribution in [-0.2, 0) is 0 Å². The molecule has 0 aliphatic heterocycles. The van der Waals surface area contributed by atoms with Crippen molar-refractivity contribution in [2.75, 3.05) is 7.11 Å². The molecule has 0 aromatic heterocycles. The van der Waals surface area contributed by atoms with Crippen LogP contribution in [0.2, 0.25) is 0 Å². The predicted molar refractivity (Wildman–Crippen MR) is 30.8 cm³/mol. The zero-order valence-corrected chi connectivity index (χ0v) is 6.51. The number of rotatable bonds is 0. The normalized spacial score (nSPS) is 2.57. The molecule has 0 fully saturated rings. The first-order valence-electron chi connectivity index (χ1n) is 2.45. The van der Waals surface area contributed by atoms with Gasteiger partial charge in [0.2, 0.25) is 0 Å². The van der Waals surface area contributed by atoms with Crippen molar-refractivity contribution >= 4 is 0 Å². The first-order valence-corrected chi connectivity index (χ1v) is 2.45. The number of aliphatic hydroxyl groups excluding tert-OH is 1. The van der Waals surface area contributed by atoms with Gasteiger partial charge in [-0.15, -0.1) is 0 Å². The van der Waals surface area contributed by atoms with Crippen LogP contribution >= 0.6 is 0 Å². The standard InChI is InChI=1S/2C2H6.CH4O.Ar/c3*1-2;/h2*1-2H3;2H,1H3;. The van der Waals surface area contributed by atoms with Gasteiger partial charge in [0.15, 0.2) is 0 Å². The van der Waals surface area contributed by atoms with E-state index < -0.39 is 0 Å². The summed E-state index contributed by atoms with van der Waals surface area (Å²) in [5.41, 5.74) is 0. The van der Waals surface area contributed by atoms with E-state index in [1.54, 1.807) is 0 Å². The van der Waals surface area contributed by atoms with Crippen LogP contribution in [0.3, 0.4) is 0 Å². The molecule has 1 nitrogen and oxygen atoms in total. The van der Waals surface area contributed by atoms with Gasteiger partial charge in [0.1, 0.15) is 0 Å². The average molecular weight is 132 g/mol. The summed E-state index contributed by atoms with van der Waals surface area (Å²) < 4.78 is 0. The molecule has 0 saturated carbocycles. The Balaban J connectivity index is -0.00000000900. The Bertz CT molecular complexity index is 8.04. The molecule has 0 aromatic carbocycles. The van der Waals surface area contributed by atoms with E-state index in [1.807, 2.05) is 27.7 Å². The van der Waals surface area contributed by atoms with Gasteiger partial charge in [-0.3, -0.25) is 0 Å². The number of hydrogen-bond acceptors (Lipinski definition) is 1. The summed E-state index contributed by atoms with van der Waals surface area (Å²) in [6.07, 6.45) is 0. The maximum atomic E-state index is 7.00. The first-order chi connectivity index (χ1) is 3.00. The maximum Gasteiger partial charge on any atom is 0.0319 e. The summed E-state index contributed by atoms with van der Waals surface area (Å²) in [6.45, 7) is 8.00. The SMILES string of the molecule is CC.CC.CO.[Ar]. The van der Waals surface area contributed by atoms with Crippen molar-refractivity contribution in [2.24, 2.45) is 0 Å². The first kappa shape index (κ1) is 24.1. The topological polar surface area (TPSA) is 20.2 Å². The second kappa shape index (κ2) is 188. The summed E-state index contributed by atoms with van der Waals surface area (Å²) in [6, 6.07) is 0. The van der Waals surface area contributed by atoms with E-state index in [9.17, 15) is 0 Å². The van der Waals surface area contributed by atoms with Gasteiger partial charge < -0.3 is 5.11 Å². The van der Waals surface area contributed by atoms with E-state index >= 15 is 0 Å². The molecule has 2 heteroatoms. The molecule has 0 unspecified atom stereocenters. The van der Waals surface area contributed by atoms with Crippen molar-refractivity contribution in [3.05, 3.63) is 0 Å². The molecule has 50 valence electrons. The summed E-state index contributed by atoms with van der Waals surface area (Å²) in [4.78, 5) is 0. The van der Waals surface area contributed by atoms with Crippen LogP contribution in [0.4, 0.5) is 0 Å². The van der Waals surface area contributed by atoms with Crippen molar-refractivity contribution in [1.82, 2.24) is 0 Å². The third kappa shape index (κ3) is 132. The van der Waals surface area contributed by atoms with Crippen molar-refractivity contribution in [2.45, 2.75) is 27.7 Å². The Hall–Kier alpha value is 1.22. The van der Waals surface area contributed by atoms with Gasteiger partial charge in [-0.1, -0.05) is 27.7 Å². The minimum Gasteiger partial charge on any atom is -0.400 e. The number of aliphatic hydroxyl groups is 1.